The highest BCUT2D eigenvalue weighted by Gasteiger charge is 2.78. The summed E-state index contributed by atoms with van der Waals surface area (Å²) in [6.07, 6.45) is 2.69. The molecule has 2 aromatic carbocycles. The van der Waals surface area contributed by atoms with Gasteiger partial charge in [0, 0.05) is 18.4 Å². The molecule has 1 spiro atoms. The monoisotopic (exact) mass is 416 g/mol. The highest BCUT2D eigenvalue weighted by Crippen LogP contribution is 2.52. The van der Waals surface area contributed by atoms with E-state index in [0.29, 0.717) is 5.69 Å². The first kappa shape index (κ1) is 18.8. The van der Waals surface area contributed by atoms with Crippen molar-refractivity contribution in [1.29, 1.82) is 0 Å². The van der Waals surface area contributed by atoms with Crippen LogP contribution in [0.3, 0.4) is 0 Å². The zero-order chi connectivity index (χ0) is 21.5. The van der Waals surface area contributed by atoms with Crippen LogP contribution in [0, 0.1) is 18.8 Å². The number of carbonyl (C=O) groups excluding carboxylic acids is 3. The molecule has 0 aliphatic carbocycles. The van der Waals surface area contributed by atoms with E-state index in [2.05, 4.69) is 18.3 Å². The summed E-state index contributed by atoms with van der Waals surface area (Å²) < 4.78 is 0. The van der Waals surface area contributed by atoms with Crippen molar-refractivity contribution in [3.63, 3.8) is 0 Å². The number of amides is 3. The van der Waals surface area contributed by atoms with Crippen molar-refractivity contribution >= 4 is 29.1 Å². The number of aryl methyl sites for hydroxylation is 2. The number of rotatable bonds is 2. The van der Waals surface area contributed by atoms with Gasteiger partial charge in [0.1, 0.15) is 17.9 Å². The SMILES string of the molecule is CCc1ccc2c(c1)[C@@]1(C(=O)N2)[C@@H]2C(=O)N(c3ccc(C)cc3)C(=O)[C@@H]2[C@@H]2CCC[NH+]21. The highest BCUT2D eigenvalue weighted by atomic mass is 16.2. The molecule has 6 rings (SSSR count). The first-order chi connectivity index (χ1) is 15.0. The Labute approximate surface area is 181 Å². The van der Waals surface area contributed by atoms with E-state index in [1.807, 2.05) is 43.3 Å². The van der Waals surface area contributed by atoms with Gasteiger partial charge in [0.25, 0.3) is 5.91 Å². The molecule has 5 atom stereocenters. The predicted octanol–water partition coefficient (Wildman–Crippen LogP) is 1.57. The zero-order valence-corrected chi connectivity index (χ0v) is 17.8. The van der Waals surface area contributed by atoms with E-state index in [1.54, 1.807) is 0 Å². The van der Waals surface area contributed by atoms with Gasteiger partial charge in [0.15, 0.2) is 0 Å². The third-order valence-corrected chi connectivity index (χ3v) is 7.98. The number of fused-ring (bicyclic) bond motifs is 7. The standard InChI is InChI=1S/C25H25N3O3/c1-3-15-8-11-18-17(13-15)25(24(31)26-18)21-20(19-5-4-12-27(19)25)22(29)28(23(21)30)16-9-6-14(2)7-10-16/h6-11,13,19-21H,3-5,12H2,1-2H3,(H,26,31)/p+1/t19-,20+,21-,25-/m0/s1. The molecule has 0 radical (unpaired) electrons. The number of nitrogens with zero attached hydrogens (tertiary/aromatic N) is 1. The number of hydrogen-bond acceptors (Lipinski definition) is 3. The molecule has 0 bridgehead atoms. The number of anilines is 2. The molecule has 3 fully saturated rings. The Bertz CT molecular complexity index is 1140. The van der Waals surface area contributed by atoms with Crippen LogP contribution in [0.2, 0.25) is 0 Å². The number of carbonyl (C=O) groups is 3. The molecule has 4 heterocycles. The number of benzene rings is 2. The second-order valence-electron chi connectivity index (χ2n) is 9.37. The fraction of sp³-hybridized carbons (Fsp3) is 0.400. The number of nitrogens with one attached hydrogen (secondary N) is 2. The van der Waals surface area contributed by atoms with Crippen LogP contribution in [-0.4, -0.2) is 30.3 Å². The van der Waals surface area contributed by atoms with E-state index < -0.39 is 17.4 Å². The van der Waals surface area contributed by atoms with Crippen LogP contribution < -0.4 is 15.1 Å². The molecular weight excluding hydrogens is 390 g/mol. The van der Waals surface area contributed by atoms with Crippen LogP contribution in [0.1, 0.15) is 36.5 Å². The Morgan fingerprint density at radius 1 is 1.10 bits per heavy atom. The van der Waals surface area contributed by atoms with Crippen LogP contribution in [0.25, 0.3) is 0 Å². The lowest BCUT2D eigenvalue weighted by Gasteiger charge is -2.33. The number of imide groups is 1. The van der Waals surface area contributed by atoms with Crippen molar-refractivity contribution in [2.45, 2.75) is 44.7 Å². The molecule has 0 saturated carbocycles. The molecule has 6 heteroatoms. The fourth-order valence-electron chi connectivity index (χ4n) is 6.68. The molecule has 31 heavy (non-hydrogen) atoms. The lowest BCUT2D eigenvalue weighted by Crippen LogP contribution is -3.19. The minimum atomic E-state index is -1.02. The maximum Gasteiger partial charge on any atom is 0.291 e. The van der Waals surface area contributed by atoms with Crippen molar-refractivity contribution < 1.29 is 19.3 Å². The summed E-state index contributed by atoms with van der Waals surface area (Å²) in [4.78, 5) is 43.7. The maximum absolute atomic E-state index is 13.9. The van der Waals surface area contributed by atoms with Crippen LogP contribution in [-0.2, 0) is 26.3 Å². The third kappa shape index (κ3) is 2.18. The lowest BCUT2D eigenvalue weighted by molar-refractivity contribution is -0.948. The molecular formula is C25H26N3O3+. The van der Waals surface area contributed by atoms with E-state index in [4.69, 9.17) is 0 Å². The first-order valence-corrected chi connectivity index (χ1v) is 11.2. The average Bonchev–Trinajstić information content (AvgIpc) is 3.47. The summed E-state index contributed by atoms with van der Waals surface area (Å²) in [5.41, 5.74) is 3.49. The minimum Gasteiger partial charge on any atom is -0.320 e. The van der Waals surface area contributed by atoms with Gasteiger partial charge in [0.2, 0.25) is 17.4 Å². The van der Waals surface area contributed by atoms with Gasteiger partial charge in [-0.2, -0.15) is 0 Å². The summed E-state index contributed by atoms with van der Waals surface area (Å²) >= 11 is 0. The summed E-state index contributed by atoms with van der Waals surface area (Å²) in [6, 6.07) is 13.6. The summed E-state index contributed by atoms with van der Waals surface area (Å²) in [5, 5.41) is 3.06. The Morgan fingerprint density at radius 3 is 2.61 bits per heavy atom. The molecule has 6 nitrogen and oxygen atoms in total. The van der Waals surface area contributed by atoms with Crippen molar-refractivity contribution in [3.05, 3.63) is 59.2 Å². The zero-order valence-electron chi connectivity index (χ0n) is 17.8. The van der Waals surface area contributed by atoms with E-state index in [1.165, 1.54) is 4.90 Å². The first-order valence-electron chi connectivity index (χ1n) is 11.2. The van der Waals surface area contributed by atoms with Gasteiger partial charge >= 0.3 is 0 Å². The maximum atomic E-state index is 13.9. The quantitative estimate of drug-likeness (QED) is 0.731. The minimum absolute atomic E-state index is 0.00104. The van der Waals surface area contributed by atoms with Crippen LogP contribution in [0.5, 0.6) is 0 Å². The van der Waals surface area contributed by atoms with E-state index in [0.717, 1.165) is 53.1 Å². The summed E-state index contributed by atoms with van der Waals surface area (Å²) in [6.45, 7) is 4.88. The van der Waals surface area contributed by atoms with Gasteiger partial charge in [-0.05, 0) is 43.2 Å². The molecule has 4 aliphatic heterocycles. The Balaban J connectivity index is 1.55. The fourth-order valence-corrected chi connectivity index (χ4v) is 6.68. The largest absolute Gasteiger partial charge is 0.320 e. The van der Waals surface area contributed by atoms with E-state index >= 15 is 0 Å². The molecule has 158 valence electrons. The highest BCUT2D eigenvalue weighted by molar-refractivity contribution is 6.25. The second-order valence-corrected chi connectivity index (χ2v) is 9.37. The summed E-state index contributed by atoms with van der Waals surface area (Å²) in [7, 11) is 0. The molecule has 0 aromatic heterocycles. The van der Waals surface area contributed by atoms with Gasteiger partial charge in [-0.25, -0.2) is 4.90 Å². The van der Waals surface area contributed by atoms with Gasteiger partial charge in [-0.15, -0.1) is 0 Å². The summed E-state index contributed by atoms with van der Waals surface area (Å²) in [5.74, 6) is -1.61. The van der Waals surface area contributed by atoms with Crippen LogP contribution in [0.15, 0.2) is 42.5 Å². The molecule has 3 saturated heterocycles. The van der Waals surface area contributed by atoms with E-state index in [9.17, 15) is 14.4 Å². The van der Waals surface area contributed by atoms with Crippen molar-refractivity contribution in [2.75, 3.05) is 16.8 Å². The average molecular weight is 417 g/mol. The number of quaternary nitrogens is 1. The van der Waals surface area contributed by atoms with Gasteiger partial charge in [-0.1, -0.05) is 30.7 Å². The molecule has 4 aliphatic rings. The van der Waals surface area contributed by atoms with Crippen molar-refractivity contribution in [2.24, 2.45) is 11.8 Å². The molecule has 2 N–H and O–H groups in total. The lowest BCUT2D eigenvalue weighted by atomic mass is 9.75. The second kappa shape index (κ2) is 6.26. The van der Waals surface area contributed by atoms with Crippen LogP contribution in [0.4, 0.5) is 11.4 Å². The smallest absolute Gasteiger partial charge is 0.291 e. The molecule has 1 unspecified atom stereocenters. The Kier molecular flexibility index (Phi) is 3.79. The normalized spacial score (nSPS) is 33.1. The number of hydrogen-bond donors (Lipinski definition) is 2. The Morgan fingerprint density at radius 2 is 1.87 bits per heavy atom. The van der Waals surface area contributed by atoms with Crippen LogP contribution >= 0.6 is 0 Å². The van der Waals surface area contributed by atoms with Crippen molar-refractivity contribution in [3.8, 4) is 0 Å². The molecule has 2 aromatic rings. The van der Waals surface area contributed by atoms with Gasteiger partial charge in [0.05, 0.1) is 17.9 Å². The predicted molar refractivity (Wildman–Crippen MR) is 116 cm³/mol. The van der Waals surface area contributed by atoms with Gasteiger partial charge < -0.3 is 10.2 Å². The molecule has 3 amide bonds. The topological polar surface area (TPSA) is 70.9 Å². The Hall–Kier alpha value is -2.99. The van der Waals surface area contributed by atoms with Crippen molar-refractivity contribution in [1.82, 2.24) is 0 Å². The van der Waals surface area contributed by atoms with E-state index in [-0.39, 0.29) is 23.8 Å². The third-order valence-electron chi connectivity index (χ3n) is 7.98. The van der Waals surface area contributed by atoms with Gasteiger partial charge in [-0.3, -0.25) is 14.4 Å².